The molecule has 7 rings (SSSR count). The Hall–Kier alpha value is -4.68. The number of nitrogens with one attached hydrogen (secondary N) is 1. The third-order valence-electron chi connectivity index (χ3n) is 9.96. The lowest BCUT2D eigenvalue weighted by Gasteiger charge is -2.46. The number of halogens is 1. The number of nitrogens with zero attached hydrogens (tertiary/aromatic N) is 4. The van der Waals surface area contributed by atoms with E-state index in [1.807, 2.05) is 78.5 Å². The van der Waals surface area contributed by atoms with Crippen LogP contribution >= 0.6 is 11.6 Å². The third-order valence-corrected chi connectivity index (χ3v) is 10.4. The van der Waals surface area contributed by atoms with Crippen molar-refractivity contribution in [2.75, 3.05) is 34.4 Å². The molecule has 1 saturated carbocycles. The molecule has 2 aromatic heterocycles. The number of amides is 1. The molecule has 0 radical (unpaired) electrons. The van der Waals surface area contributed by atoms with Gasteiger partial charge in [-0.05, 0) is 37.5 Å². The van der Waals surface area contributed by atoms with Crippen molar-refractivity contribution in [3.63, 3.8) is 0 Å². The standard InChI is InChI=1S/C38H41ClN6O5/c1-38(37(40)47)20-44(21-38)19-30-33(48-2)15-24(16-34(30)49-3)45-32-10-6-7-26(29(32)18-42-45)27-8-5-9-28(35(27)39)31-12-11-22(36(43-31)50-4)17-41-23-13-25(46)14-23/h5-12,15-16,18,23,25,41,46H,13-14,17,19-21H2,1-4H3,(H2,40,47). The van der Waals surface area contributed by atoms with Crippen LogP contribution in [-0.4, -0.2) is 77.2 Å². The number of carbonyl (C=O) groups is 1. The molecule has 3 heterocycles. The normalized spacial score (nSPS) is 18.4. The van der Waals surface area contributed by atoms with E-state index in [1.165, 1.54) is 0 Å². The number of likely N-dealkylation sites (tertiary alicyclic amines) is 1. The van der Waals surface area contributed by atoms with E-state index < -0.39 is 5.41 Å². The van der Waals surface area contributed by atoms with Crippen LogP contribution in [0.25, 0.3) is 39.0 Å². The van der Waals surface area contributed by atoms with E-state index in [4.69, 9.17) is 41.6 Å². The van der Waals surface area contributed by atoms with Crippen LogP contribution in [0, 0.1) is 5.41 Å². The van der Waals surface area contributed by atoms with Crippen molar-refractivity contribution in [2.24, 2.45) is 11.1 Å². The molecule has 0 unspecified atom stereocenters. The molecule has 12 heteroatoms. The Morgan fingerprint density at radius 1 is 1.00 bits per heavy atom. The highest BCUT2D eigenvalue weighted by Gasteiger charge is 2.44. The highest BCUT2D eigenvalue weighted by molar-refractivity contribution is 6.36. The summed E-state index contributed by atoms with van der Waals surface area (Å²) in [6, 6.07) is 20.1. The maximum Gasteiger partial charge on any atom is 0.225 e. The predicted octanol–water partition coefficient (Wildman–Crippen LogP) is 5.35. The lowest BCUT2D eigenvalue weighted by molar-refractivity contribution is -0.136. The number of aliphatic hydroxyl groups excluding tert-OH is 1. The van der Waals surface area contributed by atoms with Gasteiger partial charge in [-0.1, -0.05) is 48.0 Å². The van der Waals surface area contributed by atoms with Gasteiger partial charge < -0.3 is 30.4 Å². The predicted molar refractivity (Wildman–Crippen MR) is 193 cm³/mol. The zero-order valence-electron chi connectivity index (χ0n) is 28.6. The molecule has 1 aliphatic heterocycles. The molecule has 4 N–H and O–H groups in total. The second kappa shape index (κ2) is 13.6. The van der Waals surface area contributed by atoms with Crippen LogP contribution in [0.5, 0.6) is 17.4 Å². The van der Waals surface area contributed by atoms with Gasteiger partial charge in [0.15, 0.2) is 0 Å². The average Bonchev–Trinajstić information content (AvgIpc) is 3.53. The van der Waals surface area contributed by atoms with Gasteiger partial charge in [-0.25, -0.2) is 9.67 Å². The molecule has 0 bridgehead atoms. The zero-order chi connectivity index (χ0) is 35.2. The summed E-state index contributed by atoms with van der Waals surface area (Å²) in [7, 11) is 4.89. The Kier molecular flexibility index (Phi) is 9.17. The number of carbonyl (C=O) groups excluding carboxylic acids is 1. The summed E-state index contributed by atoms with van der Waals surface area (Å²) in [5, 5.41) is 19.4. The molecule has 260 valence electrons. The Labute approximate surface area is 295 Å². The third kappa shape index (κ3) is 6.15. The van der Waals surface area contributed by atoms with Crippen molar-refractivity contribution in [3.05, 3.63) is 83.0 Å². The molecule has 1 saturated heterocycles. The maximum absolute atomic E-state index is 11.8. The number of methoxy groups -OCH3 is 3. The molecule has 11 nitrogen and oxygen atoms in total. The number of pyridine rings is 1. The molecule has 0 atom stereocenters. The summed E-state index contributed by atoms with van der Waals surface area (Å²) in [6.07, 6.45) is 3.15. The fourth-order valence-electron chi connectivity index (χ4n) is 7.05. The second-order valence-electron chi connectivity index (χ2n) is 13.4. The van der Waals surface area contributed by atoms with Crippen LogP contribution in [0.3, 0.4) is 0 Å². The van der Waals surface area contributed by atoms with Gasteiger partial charge in [0.05, 0.1) is 66.5 Å². The Balaban J connectivity index is 1.19. The van der Waals surface area contributed by atoms with E-state index in [0.717, 1.165) is 57.2 Å². The van der Waals surface area contributed by atoms with E-state index in [9.17, 15) is 9.90 Å². The molecular formula is C38H41ClN6O5. The number of hydrogen-bond donors (Lipinski definition) is 3. The summed E-state index contributed by atoms with van der Waals surface area (Å²) < 4.78 is 19.2. The number of hydrogen-bond acceptors (Lipinski definition) is 9. The van der Waals surface area contributed by atoms with Crippen molar-refractivity contribution in [2.45, 2.75) is 45.0 Å². The number of aliphatic hydroxyl groups is 1. The van der Waals surface area contributed by atoms with Gasteiger partial charge in [0.1, 0.15) is 11.5 Å². The lowest BCUT2D eigenvalue weighted by Crippen LogP contribution is -2.60. The molecule has 2 aliphatic rings. The number of rotatable bonds is 12. The van der Waals surface area contributed by atoms with Gasteiger partial charge in [-0.3, -0.25) is 9.69 Å². The highest BCUT2D eigenvalue weighted by Crippen LogP contribution is 2.41. The number of nitrogens with two attached hydrogens (primary N) is 1. The number of ether oxygens (including phenoxy) is 3. The topological polar surface area (TPSA) is 137 Å². The van der Waals surface area contributed by atoms with Crippen molar-refractivity contribution in [1.29, 1.82) is 0 Å². The molecule has 5 aromatic rings. The Morgan fingerprint density at radius 2 is 1.68 bits per heavy atom. The van der Waals surface area contributed by atoms with Crippen LogP contribution in [0.15, 0.2) is 66.9 Å². The van der Waals surface area contributed by atoms with E-state index in [0.29, 0.717) is 60.3 Å². The monoisotopic (exact) mass is 696 g/mol. The smallest absolute Gasteiger partial charge is 0.225 e. The Bertz CT molecular complexity index is 2050. The number of benzene rings is 3. The fourth-order valence-corrected chi connectivity index (χ4v) is 7.37. The molecule has 2 fully saturated rings. The van der Waals surface area contributed by atoms with E-state index in [2.05, 4.69) is 10.2 Å². The highest BCUT2D eigenvalue weighted by atomic mass is 35.5. The van der Waals surface area contributed by atoms with E-state index in [1.54, 1.807) is 21.3 Å². The fraction of sp³-hybridized carbons (Fsp3) is 0.342. The van der Waals surface area contributed by atoms with E-state index in [-0.39, 0.29) is 12.0 Å². The minimum Gasteiger partial charge on any atom is -0.496 e. The van der Waals surface area contributed by atoms with E-state index >= 15 is 0 Å². The first-order chi connectivity index (χ1) is 24.1. The van der Waals surface area contributed by atoms with Crippen LogP contribution < -0.4 is 25.3 Å². The molecule has 1 amide bonds. The molecular weight excluding hydrogens is 656 g/mol. The van der Waals surface area contributed by atoms with Crippen LogP contribution in [0.1, 0.15) is 30.9 Å². The molecule has 0 spiro atoms. The first-order valence-corrected chi connectivity index (χ1v) is 17.0. The van der Waals surface area contributed by atoms with Crippen molar-refractivity contribution in [1.82, 2.24) is 25.0 Å². The van der Waals surface area contributed by atoms with Crippen molar-refractivity contribution in [3.8, 4) is 45.5 Å². The van der Waals surface area contributed by atoms with Gasteiger partial charge in [0, 0.05) is 66.4 Å². The summed E-state index contributed by atoms with van der Waals surface area (Å²) in [6.45, 7) is 4.19. The Morgan fingerprint density at radius 3 is 2.34 bits per heavy atom. The second-order valence-corrected chi connectivity index (χ2v) is 13.8. The average molecular weight is 697 g/mol. The summed E-state index contributed by atoms with van der Waals surface area (Å²) in [5.74, 6) is 1.57. The summed E-state index contributed by atoms with van der Waals surface area (Å²) >= 11 is 7.16. The molecule has 3 aromatic carbocycles. The van der Waals surface area contributed by atoms with Gasteiger partial charge in [0.25, 0.3) is 0 Å². The van der Waals surface area contributed by atoms with Gasteiger partial charge in [-0.15, -0.1) is 0 Å². The van der Waals surface area contributed by atoms with Gasteiger partial charge in [-0.2, -0.15) is 5.10 Å². The van der Waals surface area contributed by atoms with Gasteiger partial charge >= 0.3 is 0 Å². The number of primary amides is 1. The van der Waals surface area contributed by atoms with Crippen molar-refractivity contribution >= 4 is 28.4 Å². The summed E-state index contributed by atoms with van der Waals surface area (Å²) in [5.41, 5.74) is 11.8. The molecule has 50 heavy (non-hydrogen) atoms. The van der Waals surface area contributed by atoms with Gasteiger partial charge in [0.2, 0.25) is 11.8 Å². The van der Waals surface area contributed by atoms with Crippen LogP contribution in [-0.2, 0) is 17.9 Å². The quantitative estimate of drug-likeness (QED) is 0.158. The van der Waals surface area contributed by atoms with Crippen LogP contribution in [0.2, 0.25) is 5.02 Å². The maximum atomic E-state index is 11.8. The minimum atomic E-state index is -0.526. The van der Waals surface area contributed by atoms with Crippen LogP contribution in [0.4, 0.5) is 0 Å². The first kappa shape index (κ1) is 33.8. The SMILES string of the molecule is COc1cc(-n2ncc3c(-c4cccc(-c5ccc(CNC6CC(O)C6)c(OC)n5)c4Cl)cccc32)cc(OC)c1CN1CC(C)(C(N)=O)C1. The van der Waals surface area contributed by atoms with Crippen molar-refractivity contribution < 1.29 is 24.1 Å². The minimum absolute atomic E-state index is 0.215. The summed E-state index contributed by atoms with van der Waals surface area (Å²) in [4.78, 5) is 18.8. The largest absolute Gasteiger partial charge is 0.496 e. The number of aromatic nitrogens is 3. The zero-order valence-corrected chi connectivity index (χ0v) is 29.3. The first-order valence-electron chi connectivity index (χ1n) is 16.6. The molecule has 1 aliphatic carbocycles. The lowest BCUT2D eigenvalue weighted by atomic mass is 9.81. The number of fused-ring (bicyclic) bond motifs is 1.